The monoisotopic (exact) mass is 470 g/mol. The first kappa shape index (κ1) is 24.8. The molecule has 4 fully saturated rings. The Morgan fingerprint density at radius 1 is 0.912 bits per heavy atom. The predicted molar refractivity (Wildman–Crippen MR) is 137 cm³/mol. The first-order valence-corrected chi connectivity index (χ1v) is 14.2. The average molecular weight is 471 g/mol. The Labute approximate surface area is 208 Å². The highest BCUT2D eigenvalue weighted by molar-refractivity contribution is 5.68. The van der Waals surface area contributed by atoms with E-state index in [1.165, 1.54) is 12.8 Å². The van der Waals surface area contributed by atoms with Crippen LogP contribution >= 0.6 is 0 Å². The summed E-state index contributed by atoms with van der Waals surface area (Å²) in [4.78, 5) is 12.1. The lowest BCUT2D eigenvalue weighted by Crippen LogP contribution is -2.64. The SMILES string of the molecule is CC1(C)CC[C@]2(CC(=O)O)CC[C@]3(C)C(=CC[C@@H]4[C@@]5(C)CC[C@H](O)C(C)(C)[C@@H]5CC[C@]43C)[C@@H]2C1. The molecule has 8 atom stereocenters. The third-order valence-corrected chi connectivity index (χ3v) is 13.3. The van der Waals surface area contributed by atoms with Gasteiger partial charge in [-0.3, -0.25) is 4.79 Å². The van der Waals surface area contributed by atoms with Gasteiger partial charge >= 0.3 is 5.97 Å². The van der Waals surface area contributed by atoms with E-state index in [-0.39, 0.29) is 38.6 Å². The van der Waals surface area contributed by atoms with Gasteiger partial charge in [0.25, 0.3) is 0 Å². The Hall–Kier alpha value is -0.830. The highest BCUT2D eigenvalue weighted by Gasteiger charge is 2.68. The zero-order valence-electron chi connectivity index (χ0n) is 23.0. The standard InChI is InChI=1S/C31H50O3/c1-26(2)14-16-31(19-25(33)34)17-15-29(6)20(21(31)18-26)8-9-23-28(5)12-11-24(32)27(3,4)22(28)10-13-30(23,29)7/h8,21-24,32H,9-19H2,1-7H3,(H,33,34)/t21-,22-,23+,24-,28-,29+,30+,31+/m0/s1. The topological polar surface area (TPSA) is 57.5 Å². The van der Waals surface area contributed by atoms with Gasteiger partial charge in [0.15, 0.2) is 0 Å². The second-order valence-corrected chi connectivity index (χ2v) is 15.5. The van der Waals surface area contributed by atoms with Crippen molar-refractivity contribution in [2.45, 2.75) is 125 Å². The summed E-state index contributed by atoms with van der Waals surface area (Å²) in [7, 11) is 0. The molecular formula is C31H50O3. The molecule has 0 radical (unpaired) electrons. The van der Waals surface area contributed by atoms with E-state index in [1.54, 1.807) is 5.57 Å². The van der Waals surface area contributed by atoms with Gasteiger partial charge in [0.1, 0.15) is 0 Å². The van der Waals surface area contributed by atoms with E-state index >= 15 is 0 Å². The van der Waals surface area contributed by atoms with Crippen molar-refractivity contribution in [1.29, 1.82) is 0 Å². The van der Waals surface area contributed by atoms with Gasteiger partial charge in [-0.15, -0.1) is 0 Å². The van der Waals surface area contributed by atoms with Gasteiger partial charge in [0, 0.05) is 0 Å². The summed E-state index contributed by atoms with van der Waals surface area (Å²) in [6.45, 7) is 17.2. The van der Waals surface area contributed by atoms with Crippen molar-refractivity contribution in [2.24, 2.45) is 50.2 Å². The van der Waals surface area contributed by atoms with Crippen LogP contribution in [0.15, 0.2) is 11.6 Å². The van der Waals surface area contributed by atoms with E-state index in [2.05, 4.69) is 54.5 Å². The molecule has 5 aliphatic rings. The number of carbonyl (C=O) groups is 1. The zero-order chi connectivity index (χ0) is 24.9. The molecule has 5 rings (SSSR count). The second-order valence-electron chi connectivity index (χ2n) is 15.5. The van der Waals surface area contributed by atoms with Crippen molar-refractivity contribution in [2.75, 3.05) is 0 Å². The first-order chi connectivity index (χ1) is 15.6. The minimum absolute atomic E-state index is 0.0180. The zero-order valence-corrected chi connectivity index (χ0v) is 23.0. The van der Waals surface area contributed by atoms with Gasteiger partial charge in [-0.1, -0.05) is 60.1 Å². The fourth-order valence-electron chi connectivity index (χ4n) is 11.0. The average Bonchev–Trinajstić information content (AvgIpc) is 2.72. The van der Waals surface area contributed by atoms with Crippen LogP contribution in [-0.2, 0) is 4.79 Å². The molecule has 0 amide bonds. The van der Waals surface area contributed by atoms with Crippen LogP contribution in [0.2, 0.25) is 0 Å². The number of fused-ring (bicyclic) bond motifs is 7. The maximum atomic E-state index is 12.1. The molecule has 192 valence electrons. The molecule has 34 heavy (non-hydrogen) atoms. The fourth-order valence-corrected chi connectivity index (χ4v) is 11.0. The van der Waals surface area contributed by atoms with E-state index in [1.807, 2.05) is 0 Å². The van der Waals surface area contributed by atoms with Crippen molar-refractivity contribution in [3.63, 3.8) is 0 Å². The minimum Gasteiger partial charge on any atom is -0.481 e. The molecule has 0 unspecified atom stereocenters. The molecular weight excluding hydrogens is 420 g/mol. The van der Waals surface area contributed by atoms with Gasteiger partial charge < -0.3 is 10.2 Å². The number of allylic oxidation sites excluding steroid dienone is 2. The summed E-state index contributed by atoms with van der Waals surface area (Å²) in [6, 6.07) is 0. The van der Waals surface area contributed by atoms with Gasteiger partial charge in [0.2, 0.25) is 0 Å². The number of aliphatic carboxylic acids is 1. The lowest BCUT2D eigenvalue weighted by Gasteiger charge is -2.71. The molecule has 5 aliphatic carbocycles. The molecule has 0 heterocycles. The third kappa shape index (κ3) is 3.13. The molecule has 2 N–H and O–H groups in total. The quantitative estimate of drug-likeness (QED) is 0.408. The minimum atomic E-state index is -0.607. The fraction of sp³-hybridized carbons (Fsp3) is 0.903. The van der Waals surface area contributed by atoms with Gasteiger partial charge in [-0.05, 0) is 114 Å². The number of rotatable bonds is 2. The Bertz CT molecular complexity index is 900. The molecule has 4 saturated carbocycles. The summed E-state index contributed by atoms with van der Waals surface area (Å²) in [6.07, 6.45) is 14.0. The number of hydrogen-bond acceptors (Lipinski definition) is 2. The Morgan fingerprint density at radius 3 is 2.26 bits per heavy atom. The maximum absolute atomic E-state index is 12.1. The Morgan fingerprint density at radius 2 is 1.59 bits per heavy atom. The highest BCUT2D eigenvalue weighted by atomic mass is 16.4. The van der Waals surface area contributed by atoms with Crippen LogP contribution in [0, 0.1) is 50.2 Å². The van der Waals surface area contributed by atoms with E-state index in [0.717, 1.165) is 51.4 Å². The Kier molecular flexibility index (Phi) is 5.38. The molecule has 0 bridgehead atoms. The van der Waals surface area contributed by atoms with Crippen LogP contribution < -0.4 is 0 Å². The molecule has 0 saturated heterocycles. The maximum Gasteiger partial charge on any atom is 0.303 e. The van der Waals surface area contributed by atoms with Gasteiger partial charge in [0.05, 0.1) is 12.5 Å². The normalized spacial score (nSPS) is 51.2. The molecule has 3 nitrogen and oxygen atoms in total. The van der Waals surface area contributed by atoms with Crippen molar-refractivity contribution >= 4 is 5.97 Å². The lowest BCUT2D eigenvalue weighted by atomic mass is 9.33. The van der Waals surface area contributed by atoms with Crippen molar-refractivity contribution in [3.8, 4) is 0 Å². The number of aliphatic hydroxyl groups excluding tert-OH is 1. The molecule has 0 spiro atoms. The summed E-state index contributed by atoms with van der Waals surface area (Å²) >= 11 is 0. The van der Waals surface area contributed by atoms with E-state index in [0.29, 0.717) is 24.2 Å². The van der Waals surface area contributed by atoms with Gasteiger partial charge in [-0.2, -0.15) is 0 Å². The number of hydrogen-bond donors (Lipinski definition) is 2. The summed E-state index contributed by atoms with van der Waals surface area (Å²) in [5, 5.41) is 20.8. The molecule has 0 aromatic heterocycles. The third-order valence-electron chi connectivity index (χ3n) is 13.3. The van der Waals surface area contributed by atoms with Crippen molar-refractivity contribution < 1.29 is 15.0 Å². The van der Waals surface area contributed by atoms with Crippen LogP contribution in [0.4, 0.5) is 0 Å². The first-order valence-electron chi connectivity index (χ1n) is 14.2. The number of carboxylic acid groups (broad SMARTS) is 1. The summed E-state index contributed by atoms with van der Waals surface area (Å²) in [5.41, 5.74) is 2.54. The molecule has 3 heteroatoms. The van der Waals surface area contributed by atoms with E-state index in [4.69, 9.17) is 0 Å². The lowest BCUT2D eigenvalue weighted by molar-refractivity contribution is -0.204. The Balaban J connectivity index is 1.58. The molecule has 0 aromatic rings. The number of aliphatic hydroxyl groups is 1. The predicted octanol–water partition coefficient (Wildman–Crippen LogP) is 7.62. The highest BCUT2D eigenvalue weighted by Crippen LogP contribution is 2.76. The van der Waals surface area contributed by atoms with Crippen LogP contribution in [0.5, 0.6) is 0 Å². The smallest absolute Gasteiger partial charge is 0.303 e. The molecule has 0 aliphatic heterocycles. The van der Waals surface area contributed by atoms with Crippen LogP contribution in [0.25, 0.3) is 0 Å². The van der Waals surface area contributed by atoms with Crippen molar-refractivity contribution in [1.82, 2.24) is 0 Å². The summed E-state index contributed by atoms with van der Waals surface area (Å²) in [5.74, 6) is 1.02. The number of carboxylic acids is 1. The largest absolute Gasteiger partial charge is 0.481 e. The van der Waals surface area contributed by atoms with Gasteiger partial charge in [-0.25, -0.2) is 0 Å². The molecule has 0 aromatic carbocycles. The van der Waals surface area contributed by atoms with Crippen LogP contribution in [-0.4, -0.2) is 22.3 Å². The van der Waals surface area contributed by atoms with Crippen LogP contribution in [0.1, 0.15) is 119 Å². The second kappa shape index (κ2) is 7.36. The van der Waals surface area contributed by atoms with E-state index in [9.17, 15) is 15.0 Å². The van der Waals surface area contributed by atoms with Crippen LogP contribution in [0.3, 0.4) is 0 Å². The van der Waals surface area contributed by atoms with E-state index < -0.39 is 5.97 Å². The summed E-state index contributed by atoms with van der Waals surface area (Å²) < 4.78 is 0. The van der Waals surface area contributed by atoms with Crippen molar-refractivity contribution in [3.05, 3.63) is 11.6 Å².